The zero-order valence-corrected chi connectivity index (χ0v) is 11.9. The van der Waals surface area contributed by atoms with Crippen molar-refractivity contribution < 1.29 is 9.53 Å². The Morgan fingerprint density at radius 1 is 1.17 bits per heavy atom. The number of ether oxygens (including phenoxy) is 1. The van der Waals surface area contributed by atoms with Crippen LogP contribution in [-0.2, 0) is 9.53 Å². The molecule has 0 aromatic heterocycles. The Bertz CT molecular complexity index is 236. The second-order valence-corrected chi connectivity index (χ2v) is 5.18. The Morgan fingerprint density at radius 3 is 2.17 bits per heavy atom. The van der Waals surface area contributed by atoms with E-state index in [0.29, 0.717) is 6.54 Å². The van der Waals surface area contributed by atoms with Crippen LogP contribution in [0, 0.1) is 0 Å². The third kappa shape index (κ3) is 4.25. The Kier molecular flexibility index (Phi) is 6.65. The average molecular weight is 256 g/mol. The van der Waals surface area contributed by atoms with Crippen molar-refractivity contribution >= 4 is 5.91 Å². The largest absolute Gasteiger partial charge is 0.364 e. The second kappa shape index (κ2) is 7.74. The van der Waals surface area contributed by atoms with Gasteiger partial charge in [-0.1, -0.05) is 26.7 Å². The third-order valence-electron chi connectivity index (χ3n) is 4.12. The summed E-state index contributed by atoms with van der Waals surface area (Å²) in [6, 6.07) is 0. The van der Waals surface area contributed by atoms with Crippen molar-refractivity contribution in [2.24, 2.45) is 5.73 Å². The predicted molar refractivity (Wildman–Crippen MR) is 73.4 cm³/mol. The predicted octanol–water partition coefficient (Wildman–Crippen LogP) is 1.92. The van der Waals surface area contributed by atoms with E-state index < -0.39 is 0 Å². The number of nitrogens with zero attached hydrogens (tertiary/aromatic N) is 1. The number of carbonyl (C=O) groups is 1. The minimum Gasteiger partial charge on any atom is -0.364 e. The van der Waals surface area contributed by atoms with E-state index in [2.05, 4.69) is 13.8 Å². The molecule has 4 nitrogen and oxygen atoms in total. The summed E-state index contributed by atoms with van der Waals surface area (Å²) in [5.41, 5.74) is 5.45. The van der Waals surface area contributed by atoms with E-state index in [-0.39, 0.29) is 18.1 Å². The number of hydrogen-bond donors (Lipinski definition) is 1. The molecular formula is C14H28N2O2. The smallest absolute Gasteiger partial charge is 0.248 e. The molecule has 1 heterocycles. The first-order valence-corrected chi connectivity index (χ1v) is 7.29. The van der Waals surface area contributed by atoms with Crippen LogP contribution in [-0.4, -0.2) is 42.6 Å². The van der Waals surface area contributed by atoms with E-state index in [0.717, 1.165) is 38.8 Å². The van der Waals surface area contributed by atoms with E-state index in [1.165, 1.54) is 12.8 Å². The SMILES string of the molecule is CCC(CC)(CN)OCC(=O)N1CCCCCC1. The van der Waals surface area contributed by atoms with E-state index in [1.807, 2.05) is 4.90 Å². The zero-order valence-electron chi connectivity index (χ0n) is 11.9. The molecule has 0 aliphatic carbocycles. The van der Waals surface area contributed by atoms with Crippen LogP contribution in [0.5, 0.6) is 0 Å². The summed E-state index contributed by atoms with van der Waals surface area (Å²) in [5.74, 6) is 0.122. The summed E-state index contributed by atoms with van der Waals surface area (Å²) < 4.78 is 5.82. The van der Waals surface area contributed by atoms with Crippen molar-refractivity contribution in [1.29, 1.82) is 0 Å². The molecule has 1 saturated heterocycles. The van der Waals surface area contributed by atoms with Gasteiger partial charge in [0.2, 0.25) is 5.91 Å². The van der Waals surface area contributed by atoms with Crippen LogP contribution in [0.15, 0.2) is 0 Å². The summed E-state index contributed by atoms with van der Waals surface area (Å²) >= 11 is 0. The number of likely N-dealkylation sites (tertiary alicyclic amines) is 1. The lowest BCUT2D eigenvalue weighted by Crippen LogP contribution is -2.43. The van der Waals surface area contributed by atoms with Gasteiger partial charge in [-0.25, -0.2) is 0 Å². The summed E-state index contributed by atoms with van der Waals surface area (Å²) in [5, 5.41) is 0. The third-order valence-corrected chi connectivity index (χ3v) is 4.12. The van der Waals surface area contributed by atoms with Gasteiger partial charge in [-0.2, -0.15) is 0 Å². The van der Waals surface area contributed by atoms with Crippen molar-refractivity contribution in [1.82, 2.24) is 4.90 Å². The van der Waals surface area contributed by atoms with Gasteiger partial charge in [0.25, 0.3) is 0 Å². The van der Waals surface area contributed by atoms with Crippen LogP contribution in [0.25, 0.3) is 0 Å². The molecule has 1 fully saturated rings. The van der Waals surface area contributed by atoms with Crippen molar-refractivity contribution in [3.8, 4) is 0 Å². The quantitative estimate of drug-likeness (QED) is 0.790. The summed E-state index contributed by atoms with van der Waals surface area (Å²) in [6.45, 7) is 6.55. The Balaban J connectivity index is 2.43. The highest BCUT2D eigenvalue weighted by Gasteiger charge is 2.27. The van der Waals surface area contributed by atoms with E-state index in [1.54, 1.807) is 0 Å². The van der Waals surface area contributed by atoms with Gasteiger partial charge in [-0.15, -0.1) is 0 Å². The van der Waals surface area contributed by atoms with Crippen LogP contribution in [0.1, 0.15) is 52.4 Å². The number of nitrogens with two attached hydrogens (primary N) is 1. The molecule has 4 heteroatoms. The maximum Gasteiger partial charge on any atom is 0.248 e. The van der Waals surface area contributed by atoms with Gasteiger partial charge >= 0.3 is 0 Å². The van der Waals surface area contributed by atoms with Crippen molar-refractivity contribution in [2.45, 2.75) is 58.0 Å². The number of hydrogen-bond acceptors (Lipinski definition) is 3. The summed E-state index contributed by atoms with van der Waals surface area (Å²) in [4.78, 5) is 14.0. The molecule has 1 aliphatic heterocycles. The van der Waals surface area contributed by atoms with Gasteiger partial charge in [-0.3, -0.25) is 4.79 Å². The maximum atomic E-state index is 12.1. The van der Waals surface area contributed by atoms with Crippen LogP contribution in [0.3, 0.4) is 0 Å². The van der Waals surface area contributed by atoms with Gasteiger partial charge in [0.05, 0.1) is 5.60 Å². The average Bonchev–Trinajstić information content (AvgIpc) is 2.69. The van der Waals surface area contributed by atoms with Gasteiger partial charge < -0.3 is 15.4 Å². The van der Waals surface area contributed by atoms with Crippen molar-refractivity contribution in [2.75, 3.05) is 26.2 Å². The first-order chi connectivity index (χ1) is 8.67. The van der Waals surface area contributed by atoms with Crippen LogP contribution in [0.2, 0.25) is 0 Å². The summed E-state index contributed by atoms with van der Waals surface area (Å²) in [7, 11) is 0. The van der Waals surface area contributed by atoms with Crippen molar-refractivity contribution in [3.63, 3.8) is 0 Å². The molecule has 1 amide bonds. The number of rotatable bonds is 6. The normalized spacial score (nSPS) is 17.6. The molecule has 0 bridgehead atoms. The highest BCUT2D eigenvalue weighted by molar-refractivity contribution is 5.77. The van der Waals surface area contributed by atoms with E-state index in [4.69, 9.17) is 10.5 Å². The van der Waals surface area contributed by atoms with Crippen LogP contribution in [0.4, 0.5) is 0 Å². The highest BCUT2D eigenvalue weighted by atomic mass is 16.5. The lowest BCUT2D eigenvalue weighted by atomic mass is 9.97. The topological polar surface area (TPSA) is 55.6 Å². The molecule has 2 N–H and O–H groups in total. The van der Waals surface area contributed by atoms with E-state index >= 15 is 0 Å². The van der Waals surface area contributed by atoms with E-state index in [9.17, 15) is 4.79 Å². The molecule has 0 aromatic carbocycles. The lowest BCUT2D eigenvalue weighted by Gasteiger charge is -2.31. The molecule has 0 radical (unpaired) electrons. The van der Waals surface area contributed by atoms with Gasteiger partial charge in [0, 0.05) is 19.6 Å². The molecule has 0 atom stereocenters. The standard InChI is InChI=1S/C14H28N2O2/c1-3-14(4-2,12-15)18-11-13(17)16-9-7-5-6-8-10-16/h3-12,15H2,1-2H3. The number of amides is 1. The molecular weight excluding hydrogens is 228 g/mol. The molecule has 0 aromatic rings. The fraction of sp³-hybridized carbons (Fsp3) is 0.929. The number of carbonyl (C=O) groups excluding carboxylic acids is 1. The molecule has 0 saturated carbocycles. The fourth-order valence-electron chi connectivity index (χ4n) is 2.43. The second-order valence-electron chi connectivity index (χ2n) is 5.18. The maximum absolute atomic E-state index is 12.1. The van der Waals surface area contributed by atoms with Gasteiger partial charge in [-0.05, 0) is 25.7 Å². The summed E-state index contributed by atoms with van der Waals surface area (Å²) in [6.07, 6.45) is 6.42. The van der Waals surface area contributed by atoms with Crippen LogP contribution >= 0.6 is 0 Å². The van der Waals surface area contributed by atoms with Crippen LogP contribution < -0.4 is 5.73 Å². The monoisotopic (exact) mass is 256 g/mol. The molecule has 1 rings (SSSR count). The van der Waals surface area contributed by atoms with Crippen molar-refractivity contribution in [3.05, 3.63) is 0 Å². The Hall–Kier alpha value is -0.610. The molecule has 0 unspecified atom stereocenters. The van der Waals surface area contributed by atoms with Gasteiger partial charge in [0.15, 0.2) is 0 Å². The minimum absolute atomic E-state index is 0.122. The zero-order chi connectivity index (χ0) is 13.4. The Morgan fingerprint density at radius 2 is 1.72 bits per heavy atom. The molecule has 0 spiro atoms. The van der Waals surface area contributed by atoms with Gasteiger partial charge in [0.1, 0.15) is 6.61 Å². The minimum atomic E-state index is -0.318. The highest BCUT2D eigenvalue weighted by Crippen LogP contribution is 2.19. The Labute approximate surface area is 111 Å². The first kappa shape index (κ1) is 15.4. The molecule has 1 aliphatic rings. The molecule has 18 heavy (non-hydrogen) atoms. The first-order valence-electron chi connectivity index (χ1n) is 7.29. The lowest BCUT2D eigenvalue weighted by molar-refractivity contribution is -0.143. The fourth-order valence-corrected chi connectivity index (χ4v) is 2.43. The molecule has 106 valence electrons.